The molecule has 0 aliphatic rings. The van der Waals surface area contributed by atoms with Crippen molar-refractivity contribution < 1.29 is 9.53 Å². The van der Waals surface area contributed by atoms with Gasteiger partial charge in [-0.1, -0.05) is 24.3 Å². The van der Waals surface area contributed by atoms with Crippen LogP contribution >= 0.6 is 11.3 Å². The maximum Gasteiger partial charge on any atom is 0.407 e. The van der Waals surface area contributed by atoms with E-state index in [-0.39, 0.29) is 5.56 Å². The summed E-state index contributed by atoms with van der Waals surface area (Å²) in [6, 6.07) is 10.3. The van der Waals surface area contributed by atoms with Gasteiger partial charge in [-0.05, 0) is 63.6 Å². The van der Waals surface area contributed by atoms with Crippen LogP contribution in [-0.2, 0) is 11.2 Å². The van der Waals surface area contributed by atoms with Gasteiger partial charge in [-0.2, -0.15) is 0 Å². The highest BCUT2D eigenvalue weighted by atomic mass is 32.1. The van der Waals surface area contributed by atoms with Crippen molar-refractivity contribution in [2.45, 2.75) is 46.6 Å². The Hall–Kier alpha value is -3.19. The Morgan fingerprint density at radius 1 is 1.12 bits per heavy atom. The largest absolute Gasteiger partial charge is 0.444 e. The predicted octanol–water partition coefficient (Wildman–Crippen LogP) is 5.49. The Morgan fingerprint density at radius 3 is 2.53 bits per heavy atom. The van der Waals surface area contributed by atoms with Crippen LogP contribution < -0.4 is 10.9 Å². The van der Waals surface area contributed by atoms with E-state index in [1.54, 1.807) is 0 Å². The molecule has 3 aromatic heterocycles. The molecule has 0 fully saturated rings. The van der Waals surface area contributed by atoms with E-state index < -0.39 is 11.7 Å². The summed E-state index contributed by atoms with van der Waals surface area (Å²) in [5, 5.41) is 6.74. The molecule has 0 aliphatic carbocycles. The average Bonchev–Trinajstić information content (AvgIpc) is 3.19. The number of H-pyrrole nitrogens is 1. The van der Waals surface area contributed by atoms with E-state index in [1.165, 1.54) is 11.3 Å². The number of rotatable bonds is 4. The first-order valence-corrected chi connectivity index (χ1v) is 11.5. The number of ether oxygens (including phenoxy) is 1. The molecule has 4 aromatic rings. The van der Waals surface area contributed by atoms with E-state index >= 15 is 0 Å². The van der Waals surface area contributed by atoms with Gasteiger partial charge in [0.1, 0.15) is 10.3 Å². The smallest absolute Gasteiger partial charge is 0.407 e. The van der Waals surface area contributed by atoms with Crippen molar-refractivity contribution in [2.24, 2.45) is 0 Å². The van der Waals surface area contributed by atoms with E-state index in [0.29, 0.717) is 13.0 Å². The van der Waals surface area contributed by atoms with Crippen molar-refractivity contribution in [3.8, 4) is 11.1 Å². The number of hydrogen-bond acceptors (Lipinski definition) is 5. The second-order valence-electron chi connectivity index (χ2n) is 8.90. The first-order valence-electron chi connectivity index (χ1n) is 10.6. The number of thiophene rings is 1. The molecule has 0 spiro atoms. The third kappa shape index (κ3) is 4.39. The Labute approximate surface area is 190 Å². The molecule has 0 atom stereocenters. The van der Waals surface area contributed by atoms with Crippen molar-refractivity contribution >= 4 is 38.4 Å². The quantitative estimate of drug-likeness (QED) is 0.432. The summed E-state index contributed by atoms with van der Waals surface area (Å²) in [4.78, 5) is 32.1. The standard InChI is InChI=1S/C25H27N3O3S/c1-14-19(20-18-11-13-32-22(18)23(29)28-21(20)15(2)27-14)17-8-6-16(7-9-17)10-12-26-24(30)31-25(3,4)5/h6-9,11,13H,10,12H2,1-5H3,(H,26,30)(H,28,29). The Morgan fingerprint density at radius 2 is 1.84 bits per heavy atom. The predicted molar refractivity (Wildman–Crippen MR) is 131 cm³/mol. The number of pyridine rings is 2. The number of hydrogen-bond donors (Lipinski definition) is 2. The van der Waals surface area contributed by atoms with Crippen LogP contribution in [0.25, 0.3) is 32.1 Å². The van der Waals surface area contributed by atoms with E-state index in [0.717, 1.165) is 49.1 Å². The Kier molecular flexibility index (Phi) is 5.77. The number of aromatic nitrogens is 2. The Balaban J connectivity index is 1.64. The summed E-state index contributed by atoms with van der Waals surface area (Å²) >= 11 is 1.45. The maximum absolute atomic E-state index is 12.5. The zero-order chi connectivity index (χ0) is 23.0. The fourth-order valence-electron chi connectivity index (χ4n) is 3.94. The Bertz CT molecular complexity index is 1360. The van der Waals surface area contributed by atoms with Gasteiger partial charge in [-0.25, -0.2) is 4.79 Å². The minimum Gasteiger partial charge on any atom is -0.444 e. The minimum atomic E-state index is -0.507. The second-order valence-corrected chi connectivity index (χ2v) is 9.82. The van der Waals surface area contributed by atoms with Crippen LogP contribution in [0.2, 0.25) is 0 Å². The van der Waals surface area contributed by atoms with E-state index in [9.17, 15) is 9.59 Å². The third-order valence-electron chi connectivity index (χ3n) is 5.26. The zero-order valence-electron chi connectivity index (χ0n) is 19.0. The van der Waals surface area contributed by atoms with Crippen LogP contribution in [-0.4, -0.2) is 28.2 Å². The molecule has 7 heteroatoms. The first kappa shape index (κ1) is 22.0. The first-order chi connectivity index (χ1) is 15.1. The SMILES string of the molecule is Cc1nc(C)c2[nH]c(=O)c3sccc3c2c1-c1ccc(CCNC(=O)OC(C)(C)C)cc1. The summed E-state index contributed by atoms with van der Waals surface area (Å²) in [7, 11) is 0. The number of aromatic amines is 1. The number of benzene rings is 1. The van der Waals surface area contributed by atoms with Gasteiger partial charge >= 0.3 is 6.09 Å². The van der Waals surface area contributed by atoms with Gasteiger partial charge in [0.15, 0.2) is 0 Å². The molecule has 0 bridgehead atoms. The number of nitrogens with zero attached hydrogens (tertiary/aromatic N) is 1. The number of alkyl carbamates (subject to hydrolysis) is 1. The van der Waals surface area contributed by atoms with Crippen LogP contribution in [0.1, 0.15) is 37.7 Å². The van der Waals surface area contributed by atoms with Crippen LogP contribution in [0.4, 0.5) is 4.79 Å². The summed E-state index contributed by atoms with van der Waals surface area (Å²) in [6.07, 6.45) is 0.295. The van der Waals surface area contributed by atoms with E-state index in [1.807, 2.05) is 46.1 Å². The van der Waals surface area contributed by atoms with Gasteiger partial charge < -0.3 is 15.0 Å². The normalized spacial score (nSPS) is 11.8. The van der Waals surface area contributed by atoms with Crippen molar-refractivity contribution in [2.75, 3.05) is 6.54 Å². The number of carbonyl (C=O) groups excluding carboxylic acids is 1. The second kappa shape index (κ2) is 8.39. The molecule has 0 unspecified atom stereocenters. The molecular formula is C25H27N3O3S. The molecule has 0 saturated carbocycles. The molecule has 166 valence electrons. The minimum absolute atomic E-state index is 0.0740. The fourth-order valence-corrected chi connectivity index (χ4v) is 4.73. The van der Waals surface area contributed by atoms with Crippen molar-refractivity contribution in [3.05, 3.63) is 63.0 Å². The molecule has 2 N–H and O–H groups in total. The third-order valence-corrected chi connectivity index (χ3v) is 6.18. The van der Waals surface area contributed by atoms with Crippen LogP contribution in [0.5, 0.6) is 0 Å². The van der Waals surface area contributed by atoms with Crippen molar-refractivity contribution in [1.82, 2.24) is 15.3 Å². The molecular weight excluding hydrogens is 422 g/mol. The lowest BCUT2D eigenvalue weighted by atomic mass is 9.95. The van der Waals surface area contributed by atoms with Gasteiger partial charge in [-0.3, -0.25) is 9.78 Å². The highest BCUT2D eigenvalue weighted by Gasteiger charge is 2.17. The van der Waals surface area contributed by atoms with Crippen LogP contribution in [0.15, 0.2) is 40.5 Å². The number of nitrogens with one attached hydrogen (secondary N) is 2. The molecule has 0 radical (unpaired) electrons. The summed E-state index contributed by atoms with van der Waals surface area (Å²) in [5.41, 5.74) is 5.13. The van der Waals surface area contributed by atoms with Crippen molar-refractivity contribution in [1.29, 1.82) is 0 Å². The monoisotopic (exact) mass is 449 g/mol. The number of fused-ring (bicyclic) bond motifs is 3. The fraction of sp³-hybridized carbons (Fsp3) is 0.320. The molecule has 3 heterocycles. The van der Waals surface area contributed by atoms with Crippen LogP contribution in [0, 0.1) is 13.8 Å². The van der Waals surface area contributed by atoms with Gasteiger partial charge in [0.05, 0.1) is 11.2 Å². The topological polar surface area (TPSA) is 84.1 Å². The molecule has 1 aromatic carbocycles. The molecule has 0 saturated heterocycles. The summed E-state index contributed by atoms with van der Waals surface area (Å²) < 4.78 is 6.00. The zero-order valence-corrected chi connectivity index (χ0v) is 19.8. The lowest BCUT2D eigenvalue weighted by Crippen LogP contribution is -2.33. The molecule has 1 amide bonds. The maximum atomic E-state index is 12.5. The number of carbonyl (C=O) groups is 1. The average molecular weight is 450 g/mol. The molecule has 4 rings (SSSR count). The molecule has 0 aliphatic heterocycles. The summed E-state index contributed by atoms with van der Waals surface area (Å²) in [6.45, 7) is 9.96. The van der Waals surface area contributed by atoms with Gasteiger partial charge in [-0.15, -0.1) is 11.3 Å². The van der Waals surface area contributed by atoms with E-state index in [2.05, 4.69) is 34.6 Å². The van der Waals surface area contributed by atoms with Crippen LogP contribution in [0.3, 0.4) is 0 Å². The number of amides is 1. The lowest BCUT2D eigenvalue weighted by Gasteiger charge is -2.19. The van der Waals surface area contributed by atoms with Crippen molar-refractivity contribution in [3.63, 3.8) is 0 Å². The highest BCUT2D eigenvalue weighted by molar-refractivity contribution is 7.17. The van der Waals surface area contributed by atoms with Gasteiger partial charge in [0.25, 0.3) is 5.56 Å². The van der Waals surface area contributed by atoms with E-state index in [4.69, 9.17) is 9.72 Å². The molecule has 32 heavy (non-hydrogen) atoms. The number of aryl methyl sites for hydroxylation is 2. The lowest BCUT2D eigenvalue weighted by molar-refractivity contribution is 0.0528. The van der Waals surface area contributed by atoms with Gasteiger partial charge in [0, 0.05) is 28.6 Å². The highest BCUT2D eigenvalue weighted by Crippen LogP contribution is 2.36. The van der Waals surface area contributed by atoms with Gasteiger partial charge in [0.2, 0.25) is 0 Å². The summed E-state index contributed by atoms with van der Waals surface area (Å²) in [5.74, 6) is 0. The molecule has 6 nitrogen and oxygen atoms in total.